The number of hydrogen-bond acceptors (Lipinski definition) is 4. The van der Waals surface area contributed by atoms with Gasteiger partial charge in [-0.3, -0.25) is 4.79 Å². The molecule has 118 valence electrons. The zero-order chi connectivity index (χ0) is 14.5. The number of halogens is 1. The van der Waals surface area contributed by atoms with Crippen molar-refractivity contribution in [1.29, 1.82) is 0 Å². The molecule has 6 heteroatoms. The predicted molar refractivity (Wildman–Crippen MR) is 81.8 cm³/mol. The Hall–Kier alpha value is -1.35. The van der Waals surface area contributed by atoms with Crippen molar-refractivity contribution >= 4 is 17.4 Å². The summed E-state index contributed by atoms with van der Waals surface area (Å²) < 4.78 is 5.26. The molecule has 0 aliphatic carbocycles. The maximum Gasteiger partial charge on any atom is 0.196 e. The number of hydrogen-bond donors (Lipinski definition) is 2. The molecule has 1 atom stereocenters. The first-order valence-electron chi connectivity index (χ1n) is 5.95. The van der Waals surface area contributed by atoms with Gasteiger partial charge in [-0.2, -0.15) is 0 Å². The maximum absolute atomic E-state index is 12.4. The molecule has 0 bridgehead atoms. The van der Waals surface area contributed by atoms with Crippen molar-refractivity contribution in [3.63, 3.8) is 0 Å². The van der Waals surface area contributed by atoms with Gasteiger partial charge in [-0.25, -0.2) is 0 Å². The van der Waals surface area contributed by atoms with Gasteiger partial charge in [-0.05, 0) is 12.1 Å². The zero-order valence-electron chi connectivity index (χ0n) is 11.9. The van der Waals surface area contributed by atoms with Crippen LogP contribution in [0.3, 0.4) is 0 Å². The molecule has 0 fully saturated rings. The van der Waals surface area contributed by atoms with E-state index in [1.54, 1.807) is 24.3 Å². The molecule has 2 N–H and O–H groups in total. The Kier molecular flexibility index (Phi) is 9.03. The molecule has 0 spiro atoms. The topological polar surface area (TPSA) is 66.8 Å². The Bertz CT molecular complexity index is 602. The molecule has 0 aromatic heterocycles. The number of phenols is 1. The van der Waals surface area contributed by atoms with Gasteiger partial charge in [0.25, 0.3) is 0 Å². The van der Waals surface area contributed by atoms with Crippen molar-refractivity contribution in [3.8, 4) is 11.5 Å². The number of ketones is 1. The van der Waals surface area contributed by atoms with E-state index < -0.39 is 5.56 Å². The summed E-state index contributed by atoms with van der Waals surface area (Å²) in [5.74, 6) is -0.0862. The minimum absolute atomic E-state index is 0. The molecule has 0 amide bonds. The van der Waals surface area contributed by atoms with Crippen molar-refractivity contribution < 1.29 is 40.8 Å². The van der Waals surface area contributed by atoms with E-state index >= 15 is 0 Å². The predicted octanol–water partition coefficient (Wildman–Crippen LogP) is 3.01. The van der Waals surface area contributed by atoms with Crippen LogP contribution in [0.25, 0.3) is 0 Å². The van der Waals surface area contributed by atoms with Crippen molar-refractivity contribution in [1.82, 2.24) is 0 Å². The number of carbonyl (C=O) groups is 1. The van der Waals surface area contributed by atoms with E-state index in [-0.39, 0.29) is 52.4 Å². The second kappa shape index (κ2) is 9.62. The molecule has 0 saturated carbocycles. The Labute approximate surface area is 149 Å². The number of rotatable bonds is 5. The fourth-order valence-electron chi connectivity index (χ4n) is 1.72. The second-order valence-electron chi connectivity index (χ2n) is 4.12. The van der Waals surface area contributed by atoms with Crippen molar-refractivity contribution in [3.05, 3.63) is 67.1 Å². The molecule has 4 nitrogen and oxygen atoms in total. The number of ether oxygens (including phenoxy) is 1. The summed E-state index contributed by atoms with van der Waals surface area (Å²) in [5, 5.41) is 18.5. The minimum atomic E-state index is -1.18. The van der Waals surface area contributed by atoms with Gasteiger partial charge in [0.15, 0.2) is 11.3 Å². The standard InChI is InChI=1S/C15H13ClO4.CH3.W/c16-14(18)9-20-13-8-11(17)6-7-12(13)15(19)10-4-2-1-3-5-10;;/h1-8,14,17-18H,9H2;1H3;/q;-1;. The molecule has 2 aromatic rings. The third kappa shape index (κ3) is 5.45. The van der Waals surface area contributed by atoms with Crippen LogP contribution in [-0.4, -0.2) is 28.2 Å². The summed E-state index contributed by atoms with van der Waals surface area (Å²) in [6, 6.07) is 12.9. The van der Waals surface area contributed by atoms with Gasteiger partial charge in [0, 0.05) is 32.7 Å². The molecule has 2 aromatic carbocycles. The van der Waals surface area contributed by atoms with Crippen LogP contribution in [0.5, 0.6) is 11.5 Å². The third-order valence-corrected chi connectivity index (χ3v) is 2.75. The molecular weight excluding hydrogens is 475 g/mol. The summed E-state index contributed by atoms with van der Waals surface area (Å²) in [5.41, 5.74) is -0.377. The summed E-state index contributed by atoms with van der Waals surface area (Å²) in [6.45, 7) is -0.180. The molecule has 0 aliphatic rings. The van der Waals surface area contributed by atoms with Gasteiger partial charge in [0.2, 0.25) is 0 Å². The Morgan fingerprint density at radius 2 is 1.82 bits per heavy atom. The third-order valence-electron chi connectivity index (χ3n) is 2.62. The molecule has 1 unspecified atom stereocenters. The van der Waals surface area contributed by atoms with E-state index in [4.69, 9.17) is 21.4 Å². The van der Waals surface area contributed by atoms with E-state index in [1.807, 2.05) is 6.07 Å². The van der Waals surface area contributed by atoms with Crippen molar-refractivity contribution in [2.24, 2.45) is 0 Å². The van der Waals surface area contributed by atoms with E-state index in [2.05, 4.69) is 0 Å². The number of carbonyl (C=O) groups excluding carboxylic acids is 1. The van der Waals surface area contributed by atoms with Gasteiger partial charge in [-0.1, -0.05) is 41.9 Å². The molecule has 0 aliphatic heterocycles. The van der Waals surface area contributed by atoms with Gasteiger partial charge < -0.3 is 22.4 Å². The van der Waals surface area contributed by atoms with Crippen LogP contribution in [0.1, 0.15) is 15.9 Å². The quantitative estimate of drug-likeness (QED) is 0.384. The van der Waals surface area contributed by atoms with Crippen molar-refractivity contribution in [2.75, 3.05) is 6.61 Å². The fraction of sp³-hybridized carbons (Fsp3) is 0.125. The normalized spacial score (nSPS) is 10.8. The summed E-state index contributed by atoms with van der Waals surface area (Å²) >= 11 is 5.40. The van der Waals surface area contributed by atoms with Crippen LogP contribution in [0.15, 0.2) is 48.5 Å². The summed E-state index contributed by atoms with van der Waals surface area (Å²) in [4.78, 5) is 12.4. The first-order chi connectivity index (χ1) is 9.58. The van der Waals surface area contributed by atoms with Gasteiger partial charge >= 0.3 is 0 Å². The van der Waals surface area contributed by atoms with E-state index in [0.717, 1.165) is 0 Å². The Morgan fingerprint density at radius 3 is 2.41 bits per heavy atom. The monoisotopic (exact) mass is 491 g/mol. The van der Waals surface area contributed by atoms with Crippen LogP contribution in [0.2, 0.25) is 0 Å². The first kappa shape index (κ1) is 20.6. The Balaban J connectivity index is 0.00000220. The van der Waals surface area contributed by atoms with E-state index in [0.29, 0.717) is 11.1 Å². The fourth-order valence-corrected chi connectivity index (χ4v) is 1.78. The van der Waals surface area contributed by atoms with Crippen molar-refractivity contribution in [2.45, 2.75) is 5.56 Å². The van der Waals surface area contributed by atoms with Crippen LogP contribution in [0, 0.1) is 7.43 Å². The smallest absolute Gasteiger partial charge is 0.196 e. The van der Waals surface area contributed by atoms with Gasteiger partial charge in [0.05, 0.1) is 5.56 Å². The molecule has 0 radical (unpaired) electrons. The summed E-state index contributed by atoms with van der Waals surface area (Å²) in [6.07, 6.45) is 0. The number of benzene rings is 2. The molecular formula is C16H16ClO4W-. The number of aromatic hydroxyl groups is 1. The number of aliphatic hydroxyl groups excluding tert-OH is 1. The largest absolute Gasteiger partial charge is 0.508 e. The second-order valence-corrected chi connectivity index (χ2v) is 4.62. The molecule has 0 saturated heterocycles. The first-order valence-corrected chi connectivity index (χ1v) is 6.39. The Morgan fingerprint density at radius 1 is 1.18 bits per heavy atom. The van der Waals surface area contributed by atoms with Crippen LogP contribution < -0.4 is 4.74 Å². The maximum atomic E-state index is 12.4. The average molecular weight is 492 g/mol. The number of phenolic OH excluding ortho intramolecular Hbond substituents is 1. The van der Waals surface area contributed by atoms with Crippen LogP contribution in [-0.2, 0) is 21.1 Å². The van der Waals surface area contributed by atoms with Gasteiger partial charge in [0.1, 0.15) is 18.1 Å². The number of alkyl halides is 1. The number of aliphatic hydroxyl groups is 1. The minimum Gasteiger partial charge on any atom is -0.508 e. The average Bonchev–Trinajstić information content (AvgIpc) is 2.45. The molecule has 0 heterocycles. The van der Waals surface area contributed by atoms with E-state index in [1.165, 1.54) is 18.2 Å². The van der Waals surface area contributed by atoms with Gasteiger partial charge in [-0.15, -0.1) is 0 Å². The zero-order valence-corrected chi connectivity index (χ0v) is 15.6. The van der Waals surface area contributed by atoms with E-state index in [9.17, 15) is 9.90 Å². The molecule has 22 heavy (non-hydrogen) atoms. The SMILES string of the molecule is O=C(c1ccccc1)c1ccc(O)cc1OCC(O)Cl.[CH3-].[W]. The van der Waals surface area contributed by atoms with Crippen LogP contribution >= 0.6 is 11.6 Å². The molecule has 2 rings (SSSR count). The summed E-state index contributed by atoms with van der Waals surface area (Å²) in [7, 11) is 0. The van der Waals surface area contributed by atoms with Crippen LogP contribution in [0.4, 0.5) is 0 Å².